The zero-order chi connectivity index (χ0) is 29.2. The minimum absolute atomic E-state index is 0.0376. The van der Waals surface area contributed by atoms with E-state index in [2.05, 4.69) is 22.0 Å². The van der Waals surface area contributed by atoms with Crippen molar-refractivity contribution in [2.45, 2.75) is 90.4 Å². The van der Waals surface area contributed by atoms with E-state index >= 15 is 0 Å². The first-order chi connectivity index (χ1) is 18.9. The number of alkyl carbamates (subject to hydrolysis) is 1. The molecule has 1 aliphatic carbocycles. The zero-order valence-corrected chi connectivity index (χ0v) is 23.7. The smallest absolute Gasteiger partial charge is 0.407 e. The third-order valence-electron chi connectivity index (χ3n) is 8.36. The molecule has 0 aromatic rings. The van der Waals surface area contributed by atoms with E-state index in [4.69, 9.17) is 9.47 Å². The van der Waals surface area contributed by atoms with Crippen molar-refractivity contribution in [2.75, 3.05) is 19.8 Å². The number of hydrogen-bond acceptors (Lipinski definition) is 8. The van der Waals surface area contributed by atoms with Crippen molar-refractivity contribution in [3.05, 3.63) is 0 Å². The van der Waals surface area contributed by atoms with Gasteiger partial charge in [0.2, 0.25) is 17.7 Å². The molecule has 2 bridgehead atoms. The highest BCUT2D eigenvalue weighted by Crippen LogP contribution is 2.34. The van der Waals surface area contributed by atoms with Crippen LogP contribution in [0.2, 0.25) is 0 Å². The maximum Gasteiger partial charge on any atom is 0.407 e. The van der Waals surface area contributed by atoms with Gasteiger partial charge in [-0.2, -0.15) is 5.26 Å². The minimum atomic E-state index is -1.16. The lowest BCUT2D eigenvalue weighted by Crippen LogP contribution is -2.60. The van der Waals surface area contributed by atoms with E-state index in [1.807, 2.05) is 13.8 Å². The van der Waals surface area contributed by atoms with Crippen LogP contribution in [0.5, 0.6) is 0 Å². The van der Waals surface area contributed by atoms with Crippen LogP contribution in [0.25, 0.3) is 0 Å². The third-order valence-corrected chi connectivity index (χ3v) is 8.36. The molecule has 12 heteroatoms. The molecule has 0 radical (unpaired) electrons. The number of nitrogens with one attached hydrogen (secondary N) is 3. The average molecular weight is 560 g/mol. The van der Waals surface area contributed by atoms with Gasteiger partial charge >= 0.3 is 12.1 Å². The highest BCUT2D eigenvalue weighted by molar-refractivity contribution is 5.93. The number of nitrogens with zero attached hydrogens (tertiary/aromatic N) is 2. The Bertz CT molecular complexity index is 1070. The molecule has 40 heavy (non-hydrogen) atoms. The van der Waals surface area contributed by atoms with Crippen molar-refractivity contribution in [2.24, 2.45) is 29.1 Å². The molecule has 3 aliphatic heterocycles. The number of cyclic esters (lactones) is 1. The van der Waals surface area contributed by atoms with Gasteiger partial charge in [-0.1, -0.05) is 27.7 Å². The first-order valence-corrected chi connectivity index (χ1v) is 14.3. The maximum atomic E-state index is 14.2. The fourth-order valence-electron chi connectivity index (χ4n) is 5.93. The van der Waals surface area contributed by atoms with Gasteiger partial charge in [0, 0.05) is 17.9 Å². The number of nitriles is 1. The lowest BCUT2D eigenvalue weighted by molar-refractivity contribution is -0.153. The van der Waals surface area contributed by atoms with Crippen LogP contribution in [-0.4, -0.2) is 78.6 Å². The van der Waals surface area contributed by atoms with Crippen molar-refractivity contribution < 1.29 is 33.4 Å². The Kier molecular flexibility index (Phi) is 8.90. The Hall–Kier alpha value is -3.36. The van der Waals surface area contributed by atoms with E-state index in [0.717, 1.165) is 12.8 Å². The summed E-state index contributed by atoms with van der Waals surface area (Å²) in [7, 11) is 0. The number of rotatable bonds is 5. The van der Waals surface area contributed by atoms with Gasteiger partial charge in [-0.25, -0.2) is 9.59 Å². The molecule has 4 fully saturated rings. The predicted molar refractivity (Wildman–Crippen MR) is 141 cm³/mol. The van der Waals surface area contributed by atoms with Crippen LogP contribution in [0.1, 0.15) is 66.2 Å². The molecule has 3 saturated heterocycles. The molecular formula is C28H41N5O7. The van der Waals surface area contributed by atoms with Crippen molar-refractivity contribution in [3.8, 4) is 6.07 Å². The standard InChI is InChI=1S/C28H41N5O7/c1-15(2)9-17-7-8-33-21(17)24(35)30-19(12-29)10-18-11-20(31-23(18)34)26(37)40-14-28(3,4)22(25(33)36)32-27(38)39-13-16-5-6-16/h15-22H,5-11,13-14H2,1-4H3,(H,30,35)(H,31,34)(H,32,38)/t17-,18-,19+,20+,21+,22-/m1/s1. The summed E-state index contributed by atoms with van der Waals surface area (Å²) in [6.45, 7) is 7.80. The molecule has 12 nitrogen and oxygen atoms in total. The van der Waals surface area contributed by atoms with Gasteiger partial charge in [0.05, 0.1) is 19.3 Å². The van der Waals surface area contributed by atoms with Crippen LogP contribution in [0, 0.1) is 40.4 Å². The van der Waals surface area contributed by atoms with Crippen molar-refractivity contribution in [3.63, 3.8) is 0 Å². The zero-order valence-electron chi connectivity index (χ0n) is 23.7. The molecule has 6 atom stereocenters. The summed E-state index contributed by atoms with van der Waals surface area (Å²) in [4.78, 5) is 67.6. The Labute approximate surface area is 234 Å². The van der Waals surface area contributed by atoms with E-state index in [9.17, 15) is 29.2 Å². The van der Waals surface area contributed by atoms with Crippen molar-refractivity contribution >= 4 is 29.8 Å². The summed E-state index contributed by atoms with van der Waals surface area (Å²) in [6.07, 6.45) is 2.66. The molecule has 3 heterocycles. The maximum absolute atomic E-state index is 14.2. The number of fused-ring (bicyclic) bond motifs is 3. The summed E-state index contributed by atoms with van der Waals surface area (Å²) in [6, 6.07) is -1.85. The second-order valence-electron chi connectivity index (χ2n) is 12.8. The van der Waals surface area contributed by atoms with Gasteiger partial charge in [0.25, 0.3) is 0 Å². The Morgan fingerprint density at radius 1 is 1.15 bits per heavy atom. The van der Waals surface area contributed by atoms with Crippen LogP contribution in [-0.2, 0) is 28.7 Å². The average Bonchev–Trinajstić information content (AvgIpc) is 3.53. The number of hydrogen-bond donors (Lipinski definition) is 3. The first kappa shape index (κ1) is 29.6. The van der Waals surface area contributed by atoms with Crippen LogP contribution in [0.4, 0.5) is 4.79 Å². The molecule has 4 aliphatic rings. The summed E-state index contributed by atoms with van der Waals surface area (Å²) >= 11 is 0. The van der Waals surface area contributed by atoms with E-state index in [1.165, 1.54) is 4.90 Å². The van der Waals surface area contributed by atoms with Crippen molar-refractivity contribution in [1.82, 2.24) is 20.9 Å². The van der Waals surface area contributed by atoms with Crippen LogP contribution >= 0.6 is 0 Å². The molecule has 0 spiro atoms. The number of ether oxygens (including phenoxy) is 2. The normalized spacial score (nSPS) is 32.6. The monoisotopic (exact) mass is 559 g/mol. The number of carbonyl (C=O) groups is 5. The molecule has 220 valence electrons. The largest absolute Gasteiger partial charge is 0.463 e. The molecule has 4 amide bonds. The lowest BCUT2D eigenvalue weighted by atomic mass is 9.83. The molecule has 1 saturated carbocycles. The molecule has 0 aromatic carbocycles. The SMILES string of the molecule is CC(C)C[C@H]1CCN2C(=O)[C@@H](NC(=O)OCC3CC3)C(C)(C)COC(=O)[C@@H]3C[C@@H](C[C@@H](C#N)NC(=O)[C@H]12)C(=O)N3. The van der Waals surface area contributed by atoms with E-state index in [1.54, 1.807) is 13.8 Å². The van der Waals surface area contributed by atoms with Gasteiger partial charge in [-0.15, -0.1) is 0 Å². The van der Waals surface area contributed by atoms with Gasteiger partial charge in [0.1, 0.15) is 24.2 Å². The Morgan fingerprint density at radius 2 is 1.88 bits per heavy atom. The second kappa shape index (κ2) is 12.0. The van der Waals surface area contributed by atoms with Gasteiger partial charge in [-0.05, 0) is 56.3 Å². The fourth-order valence-corrected chi connectivity index (χ4v) is 5.93. The summed E-state index contributed by atoms with van der Waals surface area (Å²) in [5.74, 6) is -2.19. The van der Waals surface area contributed by atoms with E-state index in [0.29, 0.717) is 25.3 Å². The third kappa shape index (κ3) is 6.85. The quantitative estimate of drug-likeness (QED) is 0.423. The molecule has 0 aromatic heterocycles. The van der Waals surface area contributed by atoms with Crippen molar-refractivity contribution in [1.29, 1.82) is 5.26 Å². The topological polar surface area (TPSA) is 167 Å². The predicted octanol–water partition coefficient (Wildman–Crippen LogP) is 1.24. The lowest BCUT2D eigenvalue weighted by Gasteiger charge is -2.38. The molecule has 4 rings (SSSR count). The number of carbonyl (C=O) groups excluding carboxylic acids is 5. The molecule has 0 unspecified atom stereocenters. The van der Waals surface area contributed by atoms with Crippen LogP contribution < -0.4 is 16.0 Å². The fraction of sp³-hybridized carbons (Fsp3) is 0.786. The number of esters is 1. The highest BCUT2D eigenvalue weighted by Gasteiger charge is 2.49. The van der Waals surface area contributed by atoms with Crippen LogP contribution in [0.3, 0.4) is 0 Å². The van der Waals surface area contributed by atoms with Gasteiger partial charge in [-0.3, -0.25) is 14.4 Å². The van der Waals surface area contributed by atoms with E-state index in [-0.39, 0.29) is 43.8 Å². The molecular weight excluding hydrogens is 518 g/mol. The highest BCUT2D eigenvalue weighted by atomic mass is 16.6. The summed E-state index contributed by atoms with van der Waals surface area (Å²) < 4.78 is 10.9. The number of amides is 4. The van der Waals surface area contributed by atoms with Crippen LogP contribution in [0.15, 0.2) is 0 Å². The van der Waals surface area contributed by atoms with Gasteiger partial charge in [0.15, 0.2) is 0 Å². The minimum Gasteiger partial charge on any atom is -0.463 e. The summed E-state index contributed by atoms with van der Waals surface area (Å²) in [5, 5.41) is 17.9. The van der Waals surface area contributed by atoms with Gasteiger partial charge < -0.3 is 30.3 Å². The van der Waals surface area contributed by atoms with E-state index < -0.39 is 59.4 Å². The summed E-state index contributed by atoms with van der Waals surface area (Å²) in [5.41, 5.74) is -1.08. The Morgan fingerprint density at radius 3 is 2.52 bits per heavy atom. The first-order valence-electron chi connectivity index (χ1n) is 14.3. The second-order valence-corrected chi connectivity index (χ2v) is 12.8. The Balaban J connectivity index is 1.67. The molecule has 3 N–H and O–H groups in total.